The molecule has 1 heterocycles. The van der Waals surface area contributed by atoms with Gasteiger partial charge in [-0.3, -0.25) is 14.5 Å². The highest BCUT2D eigenvalue weighted by molar-refractivity contribution is 5.92. The molecule has 0 aromatic rings. The number of urea groups is 1. The molecule has 9 heteroatoms. The van der Waals surface area contributed by atoms with Crippen LogP contribution in [0.4, 0.5) is 4.79 Å². The zero-order valence-corrected chi connectivity index (χ0v) is 12.1. The molecule has 0 aliphatic carbocycles. The van der Waals surface area contributed by atoms with E-state index >= 15 is 0 Å². The largest absolute Gasteiger partial charge is 0.480 e. The van der Waals surface area contributed by atoms with Crippen molar-refractivity contribution in [1.82, 2.24) is 20.4 Å². The van der Waals surface area contributed by atoms with Gasteiger partial charge in [0.25, 0.3) is 0 Å². The van der Waals surface area contributed by atoms with Crippen molar-refractivity contribution in [3.05, 3.63) is 0 Å². The molecule has 0 bridgehead atoms. The summed E-state index contributed by atoms with van der Waals surface area (Å²) in [6.45, 7) is 1.50. The van der Waals surface area contributed by atoms with Gasteiger partial charge in [0, 0.05) is 20.1 Å². The summed E-state index contributed by atoms with van der Waals surface area (Å²) in [5, 5.41) is 14.0. The van der Waals surface area contributed by atoms with Gasteiger partial charge in [0.15, 0.2) is 0 Å². The molecule has 0 spiro atoms. The predicted molar refractivity (Wildman–Crippen MR) is 72.5 cm³/mol. The molecule has 9 nitrogen and oxygen atoms in total. The molecule has 0 saturated carbocycles. The summed E-state index contributed by atoms with van der Waals surface area (Å²) in [5.41, 5.74) is 0. The predicted octanol–water partition coefficient (Wildman–Crippen LogP) is -1.55. The van der Waals surface area contributed by atoms with E-state index in [2.05, 4.69) is 10.6 Å². The van der Waals surface area contributed by atoms with Crippen molar-refractivity contribution >= 4 is 23.8 Å². The average Bonchev–Trinajstić information content (AvgIpc) is 2.45. The molecule has 3 N–H and O–H groups in total. The quantitative estimate of drug-likeness (QED) is 0.568. The van der Waals surface area contributed by atoms with Gasteiger partial charge in [0.1, 0.15) is 19.1 Å². The van der Waals surface area contributed by atoms with E-state index in [1.807, 2.05) is 6.92 Å². The highest BCUT2D eigenvalue weighted by atomic mass is 16.4. The molecule has 1 atom stereocenters. The van der Waals surface area contributed by atoms with Gasteiger partial charge in [-0.2, -0.15) is 0 Å². The molecule has 118 valence electrons. The Balaban J connectivity index is 2.89. The lowest BCUT2D eigenvalue weighted by molar-refractivity contribution is -0.144. The number of carboxylic acids is 1. The number of rotatable bonds is 5. The van der Waals surface area contributed by atoms with E-state index in [-0.39, 0.29) is 25.5 Å². The maximum absolute atomic E-state index is 12.4. The molecule has 0 radical (unpaired) electrons. The van der Waals surface area contributed by atoms with E-state index in [0.29, 0.717) is 13.0 Å². The van der Waals surface area contributed by atoms with E-state index in [1.54, 1.807) is 0 Å². The molecule has 4 amide bonds. The Bertz CT molecular complexity index is 439. The van der Waals surface area contributed by atoms with Crippen molar-refractivity contribution < 1.29 is 24.3 Å². The molecular weight excluding hydrogens is 280 g/mol. The molecule has 1 aliphatic rings. The molecule has 0 aromatic carbocycles. The van der Waals surface area contributed by atoms with Gasteiger partial charge in [-0.1, -0.05) is 6.92 Å². The Kier molecular flexibility index (Phi) is 5.94. The minimum atomic E-state index is -1.19. The maximum Gasteiger partial charge on any atom is 0.328 e. The minimum Gasteiger partial charge on any atom is -0.480 e. The van der Waals surface area contributed by atoms with Crippen LogP contribution in [0.15, 0.2) is 0 Å². The fourth-order valence-electron chi connectivity index (χ4n) is 2.01. The third kappa shape index (κ3) is 4.33. The third-order valence-corrected chi connectivity index (χ3v) is 3.09. The van der Waals surface area contributed by atoms with Crippen LogP contribution in [0.3, 0.4) is 0 Å². The normalized spacial score (nSPS) is 17.9. The summed E-state index contributed by atoms with van der Waals surface area (Å²) >= 11 is 0. The van der Waals surface area contributed by atoms with Crippen molar-refractivity contribution in [3.63, 3.8) is 0 Å². The van der Waals surface area contributed by atoms with E-state index in [0.717, 1.165) is 4.90 Å². The van der Waals surface area contributed by atoms with Gasteiger partial charge < -0.3 is 20.6 Å². The van der Waals surface area contributed by atoms with Crippen LogP contribution >= 0.6 is 0 Å². The average molecular weight is 300 g/mol. The summed E-state index contributed by atoms with van der Waals surface area (Å²) in [4.78, 5) is 48.7. The van der Waals surface area contributed by atoms with Crippen molar-refractivity contribution in [2.45, 2.75) is 19.4 Å². The standard InChI is InChI=1S/C12H20N4O5/c1-3-4-15(6-9(17)13-2)12(21)16-7-10(18)14-5-8(16)11(19)20/h8H,3-7H2,1-2H3,(H,13,17)(H,14,18)(H,19,20). The minimum absolute atomic E-state index is 0.139. The van der Waals surface area contributed by atoms with Crippen LogP contribution in [0.1, 0.15) is 13.3 Å². The smallest absolute Gasteiger partial charge is 0.328 e. The van der Waals surface area contributed by atoms with Crippen LogP contribution in [0.5, 0.6) is 0 Å². The summed E-state index contributed by atoms with van der Waals surface area (Å²) < 4.78 is 0. The van der Waals surface area contributed by atoms with Crippen molar-refractivity contribution in [3.8, 4) is 0 Å². The molecule has 1 saturated heterocycles. The number of carboxylic acid groups (broad SMARTS) is 1. The Hall–Kier alpha value is -2.32. The van der Waals surface area contributed by atoms with E-state index < -0.39 is 23.9 Å². The molecule has 1 rings (SSSR count). The number of amides is 4. The Labute approximate surface area is 122 Å². The van der Waals surface area contributed by atoms with Crippen LogP contribution < -0.4 is 10.6 Å². The molecule has 1 unspecified atom stereocenters. The van der Waals surface area contributed by atoms with E-state index in [9.17, 15) is 19.2 Å². The second-order valence-corrected chi connectivity index (χ2v) is 4.66. The number of hydrogen-bond acceptors (Lipinski definition) is 4. The Morgan fingerprint density at radius 1 is 1.48 bits per heavy atom. The summed E-state index contributed by atoms with van der Waals surface area (Å²) in [7, 11) is 1.45. The van der Waals surface area contributed by atoms with Gasteiger partial charge in [-0.25, -0.2) is 9.59 Å². The topological polar surface area (TPSA) is 119 Å². The number of nitrogens with zero attached hydrogens (tertiary/aromatic N) is 2. The fraction of sp³-hybridized carbons (Fsp3) is 0.667. The highest BCUT2D eigenvalue weighted by Crippen LogP contribution is 2.09. The molecule has 1 aliphatic heterocycles. The second kappa shape index (κ2) is 7.46. The first-order valence-electron chi connectivity index (χ1n) is 6.66. The summed E-state index contributed by atoms with van der Waals surface area (Å²) in [6, 6.07) is -1.75. The van der Waals surface area contributed by atoms with Gasteiger partial charge in [-0.05, 0) is 6.42 Å². The lowest BCUT2D eigenvalue weighted by Gasteiger charge is -2.36. The number of carbonyl (C=O) groups is 4. The maximum atomic E-state index is 12.4. The number of hydrogen-bond donors (Lipinski definition) is 3. The lowest BCUT2D eigenvalue weighted by Crippen LogP contribution is -2.62. The van der Waals surface area contributed by atoms with Gasteiger partial charge in [0.05, 0.1) is 0 Å². The fourth-order valence-corrected chi connectivity index (χ4v) is 2.01. The van der Waals surface area contributed by atoms with E-state index in [1.165, 1.54) is 11.9 Å². The number of piperazine rings is 1. The molecular formula is C12H20N4O5. The van der Waals surface area contributed by atoms with Gasteiger partial charge >= 0.3 is 12.0 Å². The van der Waals surface area contributed by atoms with Gasteiger partial charge in [0.2, 0.25) is 11.8 Å². The third-order valence-electron chi connectivity index (χ3n) is 3.09. The SMILES string of the molecule is CCCN(CC(=O)NC)C(=O)N1CC(=O)NCC1C(=O)O. The Morgan fingerprint density at radius 2 is 2.14 bits per heavy atom. The van der Waals surface area contributed by atoms with Crippen molar-refractivity contribution in [1.29, 1.82) is 0 Å². The van der Waals surface area contributed by atoms with Crippen LogP contribution in [-0.2, 0) is 14.4 Å². The van der Waals surface area contributed by atoms with Gasteiger partial charge in [-0.15, -0.1) is 0 Å². The first kappa shape index (κ1) is 16.7. The summed E-state index contributed by atoms with van der Waals surface area (Å²) in [6.07, 6.45) is 0.612. The molecule has 1 fully saturated rings. The number of nitrogens with one attached hydrogen (secondary N) is 2. The van der Waals surface area contributed by atoms with Crippen molar-refractivity contribution in [2.24, 2.45) is 0 Å². The van der Waals surface area contributed by atoms with Crippen LogP contribution in [0.2, 0.25) is 0 Å². The van der Waals surface area contributed by atoms with Crippen LogP contribution in [0, 0.1) is 0 Å². The summed E-state index contributed by atoms with van der Waals surface area (Å²) in [5.74, 6) is -1.97. The first-order chi connectivity index (χ1) is 9.90. The number of likely N-dealkylation sites (N-methyl/N-ethyl adjacent to an activating group) is 1. The zero-order chi connectivity index (χ0) is 16.0. The van der Waals surface area contributed by atoms with Crippen LogP contribution in [0.25, 0.3) is 0 Å². The first-order valence-corrected chi connectivity index (χ1v) is 6.66. The lowest BCUT2D eigenvalue weighted by atomic mass is 10.2. The molecule has 21 heavy (non-hydrogen) atoms. The monoisotopic (exact) mass is 300 g/mol. The zero-order valence-electron chi connectivity index (χ0n) is 12.1. The van der Waals surface area contributed by atoms with E-state index in [4.69, 9.17) is 5.11 Å². The number of carbonyl (C=O) groups excluding carboxylic acids is 3. The second-order valence-electron chi connectivity index (χ2n) is 4.66. The van der Waals surface area contributed by atoms with Crippen molar-refractivity contribution in [2.75, 3.05) is 33.2 Å². The highest BCUT2D eigenvalue weighted by Gasteiger charge is 2.37. The number of aliphatic carboxylic acids is 1. The van der Waals surface area contributed by atoms with Crippen LogP contribution in [-0.4, -0.2) is 78.0 Å². The molecule has 0 aromatic heterocycles. The Morgan fingerprint density at radius 3 is 2.67 bits per heavy atom.